The molecule has 0 radical (unpaired) electrons. The number of aromatic nitrogens is 3. The molecule has 0 bridgehead atoms. The molecule has 4 rings (SSSR count). The van der Waals surface area contributed by atoms with Crippen molar-refractivity contribution in [2.45, 2.75) is 17.0 Å². The van der Waals surface area contributed by atoms with Gasteiger partial charge in [-0.2, -0.15) is 0 Å². The van der Waals surface area contributed by atoms with Crippen molar-refractivity contribution in [1.82, 2.24) is 15.2 Å². The van der Waals surface area contributed by atoms with Gasteiger partial charge >= 0.3 is 0 Å². The number of anilines is 1. The van der Waals surface area contributed by atoms with E-state index in [1.807, 2.05) is 25.1 Å². The second-order valence-electron chi connectivity index (χ2n) is 6.50. The number of thioether (sulfide) groups is 1. The molecule has 4 aromatic rings. The molecular formula is C21H18N4O3S2. The number of aromatic amines is 1. The topological polar surface area (TPSA) is 97.0 Å². The average Bonchev–Trinajstić information content (AvgIpc) is 3.20. The highest BCUT2D eigenvalue weighted by Gasteiger charge is 2.12. The molecule has 0 aliphatic rings. The minimum Gasteiger partial charge on any atom is -0.497 e. The zero-order chi connectivity index (χ0) is 21.1. The Hall–Kier alpha value is -3.17. The quantitative estimate of drug-likeness (QED) is 0.345. The first-order chi connectivity index (χ1) is 14.5. The smallest absolute Gasteiger partial charge is 0.257 e. The van der Waals surface area contributed by atoms with Crippen molar-refractivity contribution in [1.29, 1.82) is 0 Å². The van der Waals surface area contributed by atoms with E-state index in [0.717, 1.165) is 16.8 Å². The lowest BCUT2D eigenvalue weighted by atomic mass is 10.1. The molecule has 2 heterocycles. The van der Waals surface area contributed by atoms with E-state index in [2.05, 4.69) is 20.5 Å². The number of hydrogen-bond acceptors (Lipinski definition) is 7. The molecule has 2 aromatic carbocycles. The second kappa shape index (κ2) is 8.68. The summed E-state index contributed by atoms with van der Waals surface area (Å²) in [5.41, 5.74) is 3.15. The van der Waals surface area contributed by atoms with Crippen LogP contribution in [0.2, 0.25) is 0 Å². The van der Waals surface area contributed by atoms with Gasteiger partial charge in [0.15, 0.2) is 9.77 Å². The molecule has 2 N–H and O–H groups in total. The molecule has 0 atom stereocenters. The van der Waals surface area contributed by atoms with Gasteiger partial charge in [0, 0.05) is 28.5 Å². The standard InChI is InChI=1S/C21H18N4O3S2/c1-12-5-3-8-16-17(26)10-14(22-18(12)16)11-29-21-25-24-20(30-21)23-19(27)13-6-4-7-15(9-13)28-2/h3-10H,11H2,1-2H3,(H,22,26)(H,23,24,27). The van der Waals surface area contributed by atoms with Crippen molar-refractivity contribution >= 4 is 45.0 Å². The Labute approximate surface area is 180 Å². The summed E-state index contributed by atoms with van der Waals surface area (Å²) in [7, 11) is 1.55. The van der Waals surface area contributed by atoms with Gasteiger partial charge in [0.25, 0.3) is 5.91 Å². The highest BCUT2D eigenvalue weighted by molar-refractivity contribution is 8.00. The highest BCUT2D eigenvalue weighted by Crippen LogP contribution is 2.28. The SMILES string of the molecule is COc1cccc(C(=O)Nc2nnc(SCc3cc(=O)c4cccc(C)c4[nH]3)s2)c1. The maximum atomic E-state index is 12.4. The zero-order valence-electron chi connectivity index (χ0n) is 16.3. The largest absolute Gasteiger partial charge is 0.497 e. The third-order valence-electron chi connectivity index (χ3n) is 4.44. The first-order valence-corrected chi connectivity index (χ1v) is 10.9. The molecule has 2 aromatic heterocycles. The maximum Gasteiger partial charge on any atom is 0.257 e. The molecule has 0 saturated carbocycles. The number of methoxy groups -OCH3 is 1. The Bertz CT molecular complexity index is 1280. The van der Waals surface area contributed by atoms with Gasteiger partial charge in [0.2, 0.25) is 5.13 Å². The van der Waals surface area contributed by atoms with E-state index in [1.54, 1.807) is 37.4 Å². The first kappa shape index (κ1) is 20.1. The Morgan fingerprint density at radius 3 is 2.87 bits per heavy atom. The molecule has 152 valence electrons. The number of carbonyl (C=O) groups is 1. The van der Waals surface area contributed by atoms with Gasteiger partial charge < -0.3 is 9.72 Å². The van der Waals surface area contributed by atoms with Crippen LogP contribution in [-0.2, 0) is 5.75 Å². The van der Waals surface area contributed by atoms with Crippen LogP contribution in [0.25, 0.3) is 10.9 Å². The Morgan fingerprint density at radius 1 is 1.20 bits per heavy atom. The van der Waals surface area contributed by atoms with E-state index in [9.17, 15) is 9.59 Å². The number of carbonyl (C=O) groups excluding carboxylic acids is 1. The molecular weight excluding hydrogens is 420 g/mol. The average molecular weight is 439 g/mol. The number of para-hydroxylation sites is 1. The Kier molecular flexibility index (Phi) is 5.82. The third kappa shape index (κ3) is 4.37. The minimum absolute atomic E-state index is 0.00782. The van der Waals surface area contributed by atoms with E-state index in [0.29, 0.717) is 31.9 Å². The van der Waals surface area contributed by atoms with E-state index >= 15 is 0 Å². The van der Waals surface area contributed by atoms with Crippen LogP contribution in [0, 0.1) is 6.92 Å². The van der Waals surface area contributed by atoms with Gasteiger partial charge in [0.1, 0.15) is 5.75 Å². The monoisotopic (exact) mass is 438 g/mol. The molecule has 0 aliphatic carbocycles. The fourth-order valence-electron chi connectivity index (χ4n) is 2.94. The Balaban J connectivity index is 1.44. The number of nitrogens with one attached hydrogen (secondary N) is 2. The molecule has 0 aliphatic heterocycles. The number of hydrogen-bond donors (Lipinski definition) is 2. The normalized spacial score (nSPS) is 10.9. The zero-order valence-corrected chi connectivity index (χ0v) is 17.9. The number of fused-ring (bicyclic) bond motifs is 1. The van der Waals surface area contributed by atoms with Gasteiger partial charge in [-0.1, -0.05) is 41.3 Å². The second-order valence-corrected chi connectivity index (χ2v) is 8.70. The summed E-state index contributed by atoms with van der Waals surface area (Å²) < 4.78 is 5.84. The molecule has 0 unspecified atom stereocenters. The van der Waals surface area contributed by atoms with Crippen molar-refractivity contribution < 1.29 is 9.53 Å². The van der Waals surface area contributed by atoms with Crippen molar-refractivity contribution in [3.8, 4) is 5.75 Å². The van der Waals surface area contributed by atoms with E-state index in [1.165, 1.54) is 23.1 Å². The summed E-state index contributed by atoms with van der Waals surface area (Å²) in [6.45, 7) is 1.97. The fraction of sp³-hybridized carbons (Fsp3) is 0.143. The van der Waals surface area contributed by atoms with Gasteiger partial charge in [-0.05, 0) is 36.8 Å². The molecule has 0 spiro atoms. The van der Waals surface area contributed by atoms with Crippen LogP contribution in [-0.4, -0.2) is 28.2 Å². The number of amides is 1. The van der Waals surface area contributed by atoms with Crippen LogP contribution in [0.15, 0.2) is 57.7 Å². The summed E-state index contributed by atoms with van der Waals surface area (Å²) >= 11 is 2.73. The lowest BCUT2D eigenvalue weighted by molar-refractivity contribution is 0.102. The lowest BCUT2D eigenvalue weighted by Crippen LogP contribution is -2.11. The lowest BCUT2D eigenvalue weighted by Gasteiger charge is -2.05. The van der Waals surface area contributed by atoms with E-state index in [4.69, 9.17) is 4.74 Å². The van der Waals surface area contributed by atoms with E-state index in [-0.39, 0.29) is 11.3 Å². The van der Waals surface area contributed by atoms with Gasteiger partial charge in [-0.25, -0.2) is 0 Å². The summed E-state index contributed by atoms with van der Waals surface area (Å²) in [5, 5.41) is 12.0. The third-order valence-corrected chi connectivity index (χ3v) is 6.46. The predicted octanol–water partition coefficient (Wildman–Crippen LogP) is 4.24. The minimum atomic E-state index is -0.282. The number of rotatable bonds is 6. The van der Waals surface area contributed by atoms with Crippen LogP contribution >= 0.6 is 23.1 Å². The highest BCUT2D eigenvalue weighted by atomic mass is 32.2. The van der Waals surface area contributed by atoms with Crippen LogP contribution in [0.5, 0.6) is 5.75 Å². The van der Waals surface area contributed by atoms with Crippen molar-refractivity contribution in [3.63, 3.8) is 0 Å². The van der Waals surface area contributed by atoms with Crippen molar-refractivity contribution in [3.05, 3.63) is 75.6 Å². The van der Waals surface area contributed by atoms with Crippen LogP contribution in [0.1, 0.15) is 21.6 Å². The fourth-order valence-corrected chi connectivity index (χ4v) is 4.60. The first-order valence-electron chi connectivity index (χ1n) is 9.07. The molecule has 1 amide bonds. The predicted molar refractivity (Wildman–Crippen MR) is 120 cm³/mol. The molecule has 0 fully saturated rings. The number of aryl methyl sites for hydroxylation is 1. The summed E-state index contributed by atoms with van der Waals surface area (Å²) in [5.74, 6) is 0.865. The van der Waals surface area contributed by atoms with Gasteiger partial charge in [0.05, 0.1) is 12.6 Å². The molecule has 7 nitrogen and oxygen atoms in total. The van der Waals surface area contributed by atoms with Crippen LogP contribution in [0.3, 0.4) is 0 Å². The van der Waals surface area contributed by atoms with Crippen LogP contribution < -0.4 is 15.5 Å². The number of benzene rings is 2. The van der Waals surface area contributed by atoms with Crippen LogP contribution in [0.4, 0.5) is 5.13 Å². The van der Waals surface area contributed by atoms with E-state index < -0.39 is 0 Å². The molecule has 0 saturated heterocycles. The number of pyridine rings is 1. The molecule has 9 heteroatoms. The summed E-state index contributed by atoms with van der Waals surface area (Å²) in [6.07, 6.45) is 0. The number of ether oxygens (including phenoxy) is 1. The maximum absolute atomic E-state index is 12.4. The molecule has 30 heavy (non-hydrogen) atoms. The van der Waals surface area contributed by atoms with Crippen molar-refractivity contribution in [2.75, 3.05) is 12.4 Å². The number of H-pyrrole nitrogens is 1. The van der Waals surface area contributed by atoms with Gasteiger partial charge in [-0.3, -0.25) is 14.9 Å². The van der Waals surface area contributed by atoms with Crippen molar-refractivity contribution in [2.24, 2.45) is 0 Å². The van der Waals surface area contributed by atoms with Gasteiger partial charge in [-0.15, -0.1) is 10.2 Å². The summed E-state index contributed by atoms with van der Waals surface area (Å²) in [4.78, 5) is 28.1. The Morgan fingerprint density at radius 2 is 2.03 bits per heavy atom. The number of nitrogens with zero attached hydrogens (tertiary/aromatic N) is 2. The summed E-state index contributed by atoms with van der Waals surface area (Å²) in [6, 6.07) is 14.2.